The van der Waals surface area contributed by atoms with E-state index in [2.05, 4.69) is 33.8 Å². The van der Waals surface area contributed by atoms with Gasteiger partial charge in [0.15, 0.2) is 4.96 Å². The van der Waals surface area contributed by atoms with Crippen molar-refractivity contribution in [1.29, 1.82) is 0 Å². The number of para-hydroxylation sites is 1. The summed E-state index contributed by atoms with van der Waals surface area (Å²) in [4.78, 5) is 5.40. The number of imidazole rings is 1. The molecule has 0 saturated carbocycles. The molecule has 0 bridgehead atoms. The number of rotatable bonds is 4. The maximum absolute atomic E-state index is 5.34. The lowest BCUT2D eigenvalue weighted by atomic mass is 10.2. The highest BCUT2D eigenvalue weighted by Gasteiger charge is 2.13. The van der Waals surface area contributed by atoms with Gasteiger partial charge in [-0.25, -0.2) is 0 Å². The minimum atomic E-state index is 0.686. The van der Waals surface area contributed by atoms with E-state index in [-0.39, 0.29) is 0 Å². The van der Waals surface area contributed by atoms with Crippen LogP contribution in [-0.2, 0) is 6.54 Å². The second-order valence-corrected chi connectivity index (χ2v) is 5.16. The van der Waals surface area contributed by atoms with Crippen LogP contribution in [0.2, 0.25) is 0 Å². The third kappa shape index (κ3) is 2.17. The van der Waals surface area contributed by atoms with Crippen LogP contribution in [0, 0.1) is 6.92 Å². The number of thiazole rings is 1. The molecule has 0 radical (unpaired) electrons. The van der Waals surface area contributed by atoms with E-state index in [0.29, 0.717) is 12.4 Å². The van der Waals surface area contributed by atoms with Crippen LogP contribution in [0.25, 0.3) is 4.96 Å². The van der Waals surface area contributed by atoms with Crippen molar-refractivity contribution >= 4 is 22.0 Å². The Morgan fingerprint density at radius 2 is 2.21 bits per heavy atom. The van der Waals surface area contributed by atoms with Crippen molar-refractivity contribution in [3.63, 3.8) is 0 Å². The minimum absolute atomic E-state index is 0.686. The average Bonchev–Trinajstić information content (AvgIpc) is 2.98. The summed E-state index contributed by atoms with van der Waals surface area (Å²) in [5.41, 5.74) is 3.41. The largest absolute Gasteiger partial charge is 0.480 e. The molecule has 2 heterocycles. The number of benzene rings is 1. The van der Waals surface area contributed by atoms with Crippen molar-refractivity contribution < 1.29 is 4.74 Å². The summed E-state index contributed by atoms with van der Waals surface area (Å²) in [6, 6.07) is 8.24. The van der Waals surface area contributed by atoms with Gasteiger partial charge in [0.2, 0.25) is 5.88 Å². The number of methoxy groups -OCH3 is 1. The molecule has 0 atom stereocenters. The standard InChI is InChI=1S/C14H15N3OS/c1-10-5-3-4-6-11(10)15-9-12-13(18-2)16-14-17(12)7-8-19-14/h3-8,15H,9H2,1-2H3. The van der Waals surface area contributed by atoms with Crippen molar-refractivity contribution in [3.8, 4) is 5.88 Å². The summed E-state index contributed by atoms with van der Waals surface area (Å²) in [6.45, 7) is 2.78. The summed E-state index contributed by atoms with van der Waals surface area (Å²) in [5.74, 6) is 0.688. The molecule has 0 unspecified atom stereocenters. The van der Waals surface area contributed by atoms with Gasteiger partial charge in [-0.05, 0) is 18.6 Å². The predicted octanol–water partition coefficient (Wildman–Crippen LogP) is 3.32. The topological polar surface area (TPSA) is 38.6 Å². The Balaban J connectivity index is 1.89. The first-order valence-corrected chi connectivity index (χ1v) is 6.95. The molecular formula is C14H15N3OS. The van der Waals surface area contributed by atoms with E-state index >= 15 is 0 Å². The summed E-state index contributed by atoms with van der Waals surface area (Å²) in [6.07, 6.45) is 2.02. The zero-order chi connectivity index (χ0) is 13.2. The molecule has 1 N–H and O–H groups in total. The van der Waals surface area contributed by atoms with Crippen LogP contribution in [-0.4, -0.2) is 16.5 Å². The molecule has 0 fully saturated rings. The fourth-order valence-corrected chi connectivity index (χ4v) is 2.81. The number of ether oxygens (including phenoxy) is 1. The molecule has 19 heavy (non-hydrogen) atoms. The molecule has 3 rings (SSSR count). The predicted molar refractivity (Wildman–Crippen MR) is 78.1 cm³/mol. The molecule has 0 aliphatic rings. The zero-order valence-corrected chi connectivity index (χ0v) is 11.7. The van der Waals surface area contributed by atoms with Crippen LogP contribution in [0.15, 0.2) is 35.8 Å². The average molecular weight is 273 g/mol. The normalized spacial score (nSPS) is 10.8. The lowest BCUT2D eigenvalue weighted by molar-refractivity contribution is 0.395. The molecule has 0 aliphatic carbocycles. The Bertz CT molecular complexity index is 702. The number of aryl methyl sites for hydroxylation is 1. The Morgan fingerprint density at radius 1 is 1.37 bits per heavy atom. The maximum atomic E-state index is 5.34. The van der Waals surface area contributed by atoms with E-state index in [4.69, 9.17) is 4.74 Å². The van der Waals surface area contributed by atoms with Crippen molar-refractivity contribution in [1.82, 2.24) is 9.38 Å². The molecule has 98 valence electrons. The highest BCUT2D eigenvalue weighted by Crippen LogP contribution is 2.24. The third-order valence-electron chi connectivity index (χ3n) is 3.11. The van der Waals surface area contributed by atoms with Gasteiger partial charge >= 0.3 is 0 Å². The van der Waals surface area contributed by atoms with E-state index in [1.54, 1.807) is 18.4 Å². The molecule has 5 heteroatoms. The van der Waals surface area contributed by atoms with Gasteiger partial charge in [-0.3, -0.25) is 4.40 Å². The van der Waals surface area contributed by atoms with Gasteiger partial charge in [0.1, 0.15) is 5.69 Å². The summed E-state index contributed by atoms with van der Waals surface area (Å²) in [7, 11) is 1.66. The maximum Gasteiger partial charge on any atom is 0.238 e. The minimum Gasteiger partial charge on any atom is -0.480 e. The molecule has 3 aromatic rings. The molecule has 1 aromatic carbocycles. The first-order valence-electron chi connectivity index (χ1n) is 6.07. The van der Waals surface area contributed by atoms with Gasteiger partial charge in [-0.15, -0.1) is 11.3 Å². The highest BCUT2D eigenvalue weighted by molar-refractivity contribution is 7.15. The van der Waals surface area contributed by atoms with Gasteiger partial charge in [0, 0.05) is 17.3 Å². The number of hydrogen-bond donors (Lipinski definition) is 1. The Morgan fingerprint density at radius 3 is 3.00 bits per heavy atom. The van der Waals surface area contributed by atoms with Crippen molar-refractivity contribution in [2.75, 3.05) is 12.4 Å². The van der Waals surface area contributed by atoms with Crippen LogP contribution in [0.4, 0.5) is 5.69 Å². The van der Waals surface area contributed by atoms with E-state index in [1.807, 2.05) is 23.7 Å². The Hall–Kier alpha value is -2.01. The van der Waals surface area contributed by atoms with E-state index in [9.17, 15) is 0 Å². The second kappa shape index (κ2) is 4.93. The summed E-state index contributed by atoms with van der Waals surface area (Å²) in [5, 5.41) is 5.46. The number of aromatic nitrogens is 2. The monoisotopic (exact) mass is 273 g/mol. The molecule has 0 saturated heterocycles. The second-order valence-electron chi connectivity index (χ2n) is 4.29. The number of hydrogen-bond acceptors (Lipinski definition) is 4. The van der Waals surface area contributed by atoms with Crippen molar-refractivity contribution in [2.45, 2.75) is 13.5 Å². The van der Waals surface area contributed by atoms with Crippen LogP contribution in [0.1, 0.15) is 11.3 Å². The Kier molecular flexibility index (Phi) is 3.13. The van der Waals surface area contributed by atoms with E-state index in [1.165, 1.54) is 5.56 Å². The highest BCUT2D eigenvalue weighted by atomic mass is 32.1. The molecule has 4 nitrogen and oxygen atoms in total. The zero-order valence-electron chi connectivity index (χ0n) is 10.9. The number of fused-ring (bicyclic) bond motifs is 1. The van der Waals surface area contributed by atoms with Crippen LogP contribution >= 0.6 is 11.3 Å². The molecular weight excluding hydrogens is 258 g/mol. The van der Waals surface area contributed by atoms with Gasteiger partial charge in [0.05, 0.1) is 13.7 Å². The van der Waals surface area contributed by atoms with E-state index < -0.39 is 0 Å². The smallest absolute Gasteiger partial charge is 0.238 e. The quantitative estimate of drug-likeness (QED) is 0.792. The van der Waals surface area contributed by atoms with Crippen molar-refractivity contribution in [3.05, 3.63) is 47.1 Å². The SMILES string of the molecule is COc1nc2sccn2c1CNc1ccccc1C. The van der Waals surface area contributed by atoms with Gasteiger partial charge in [0.25, 0.3) is 0 Å². The van der Waals surface area contributed by atoms with Crippen LogP contribution in [0.5, 0.6) is 5.88 Å². The molecule has 0 aliphatic heterocycles. The molecule has 0 amide bonds. The first-order chi connectivity index (χ1) is 9.29. The summed E-state index contributed by atoms with van der Waals surface area (Å²) < 4.78 is 7.41. The lowest BCUT2D eigenvalue weighted by Crippen LogP contribution is -2.04. The van der Waals surface area contributed by atoms with Crippen molar-refractivity contribution in [2.24, 2.45) is 0 Å². The number of nitrogens with one attached hydrogen (secondary N) is 1. The fraction of sp³-hybridized carbons (Fsp3) is 0.214. The van der Waals surface area contributed by atoms with Gasteiger partial charge in [-0.2, -0.15) is 4.98 Å². The fourth-order valence-electron chi connectivity index (χ4n) is 2.09. The van der Waals surface area contributed by atoms with Crippen LogP contribution < -0.4 is 10.1 Å². The summed E-state index contributed by atoms with van der Waals surface area (Å²) >= 11 is 1.61. The third-order valence-corrected chi connectivity index (χ3v) is 3.87. The number of anilines is 1. The molecule has 2 aromatic heterocycles. The lowest BCUT2D eigenvalue weighted by Gasteiger charge is -2.09. The molecule has 0 spiro atoms. The first kappa shape index (κ1) is 12.0. The Labute approximate surface area is 115 Å². The van der Waals surface area contributed by atoms with Gasteiger partial charge < -0.3 is 10.1 Å². The van der Waals surface area contributed by atoms with E-state index in [0.717, 1.165) is 16.3 Å². The van der Waals surface area contributed by atoms with Crippen LogP contribution in [0.3, 0.4) is 0 Å². The van der Waals surface area contributed by atoms with Gasteiger partial charge in [-0.1, -0.05) is 18.2 Å². The number of nitrogens with zero attached hydrogens (tertiary/aromatic N) is 2.